The van der Waals surface area contributed by atoms with E-state index in [1.165, 1.54) is 6.07 Å². The van der Waals surface area contributed by atoms with Crippen LogP contribution in [0.2, 0.25) is 0 Å². The number of fused-ring (bicyclic) bond motifs is 1. The summed E-state index contributed by atoms with van der Waals surface area (Å²) in [5.74, 6) is -0.690. The predicted molar refractivity (Wildman–Crippen MR) is 48.9 cm³/mol. The van der Waals surface area contributed by atoms with Crippen LogP contribution in [0.1, 0.15) is 22.3 Å². The number of hydrogen-bond acceptors (Lipinski definition) is 3. The van der Waals surface area contributed by atoms with Gasteiger partial charge < -0.3 is 10.0 Å². The first-order valence-electron chi connectivity index (χ1n) is 4.31. The summed E-state index contributed by atoms with van der Waals surface area (Å²) in [5, 5.41) is 17.9. The molecule has 1 aliphatic rings. The molecule has 1 aromatic carbocycles. The Kier molecular flexibility index (Phi) is 2.13. The molecule has 0 spiro atoms. The highest BCUT2D eigenvalue weighted by molar-refractivity contribution is 6.60. The second-order valence-electron chi connectivity index (χ2n) is 3.33. The van der Waals surface area contributed by atoms with Crippen LogP contribution in [0.5, 0.6) is 0 Å². The zero-order valence-electron chi connectivity index (χ0n) is 7.33. The van der Waals surface area contributed by atoms with Gasteiger partial charge in [-0.25, -0.2) is 4.39 Å². The average molecular weight is 194 g/mol. The molecule has 2 rings (SSSR count). The minimum absolute atomic E-state index is 0.0255. The van der Waals surface area contributed by atoms with Crippen LogP contribution in [0, 0.1) is 5.82 Å². The van der Waals surface area contributed by atoms with Gasteiger partial charge in [0.1, 0.15) is 5.82 Å². The molecule has 0 aromatic heterocycles. The number of rotatable bonds is 1. The van der Waals surface area contributed by atoms with Gasteiger partial charge in [-0.15, -0.1) is 0 Å². The average Bonchev–Trinajstić information content (AvgIpc) is 2.46. The van der Waals surface area contributed by atoms with Crippen molar-refractivity contribution in [2.75, 3.05) is 0 Å². The number of hydrogen-bond donors (Lipinski definition) is 2. The molecule has 2 N–H and O–H groups in total. The second kappa shape index (κ2) is 3.18. The quantitative estimate of drug-likeness (QED) is 0.600. The maximum Gasteiger partial charge on any atom is 0.489 e. The van der Waals surface area contributed by atoms with Gasteiger partial charge in [0.15, 0.2) is 5.78 Å². The number of halogens is 1. The van der Waals surface area contributed by atoms with Crippen LogP contribution in [-0.2, 0) is 6.42 Å². The lowest BCUT2D eigenvalue weighted by molar-refractivity contribution is 0.0995. The van der Waals surface area contributed by atoms with Crippen LogP contribution in [-0.4, -0.2) is 22.9 Å². The molecule has 1 aromatic rings. The molecule has 0 radical (unpaired) electrons. The van der Waals surface area contributed by atoms with E-state index in [1.54, 1.807) is 0 Å². The molecule has 14 heavy (non-hydrogen) atoms. The highest BCUT2D eigenvalue weighted by Crippen LogP contribution is 2.21. The number of ketones is 1. The smallest absolute Gasteiger partial charge is 0.423 e. The summed E-state index contributed by atoms with van der Waals surface area (Å²) in [6.45, 7) is 0. The third kappa shape index (κ3) is 1.34. The second-order valence-corrected chi connectivity index (χ2v) is 3.33. The van der Waals surface area contributed by atoms with E-state index in [4.69, 9.17) is 10.0 Å². The van der Waals surface area contributed by atoms with Crippen LogP contribution in [0.15, 0.2) is 12.1 Å². The van der Waals surface area contributed by atoms with Crippen molar-refractivity contribution in [3.05, 3.63) is 29.1 Å². The first-order chi connectivity index (χ1) is 6.59. The standard InChI is InChI=1S/C9H8BFO3/c11-6-3-5-1-2-8(12)9(5)7(4-6)10(13)14/h3-4,13-14H,1-2H2. The lowest BCUT2D eigenvalue weighted by Gasteiger charge is -2.06. The molecular formula is C9H8BFO3. The molecule has 0 aliphatic heterocycles. The Morgan fingerprint density at radius 1 is 1.29 bits per heavy atom. The Balaban J connectivity index is 2.65. The number of carbonyl (C=O) groups excluding carboxylic acids is 1. The summed E-state index contributed by atoms with van der Waals surface area (Å²) in [5.41, 5.74) is 0.821. The van der Waals surface area contributed by atoms with Crippen LogP contribution in [0.25, 0.3) is 0 Å². The zero-order chi connectivity index (χ0) is 10.3. The SMILES string of the molecule is O=C1CCc2cc(F)cc(B(O)O)c21. The first-order valence-corrected chi connectivity index (χ1v) is 4.31. The highest BCUT2D eigenvalue weighted by atomic mass is 19.1. The molecule has 72 valence electrons. The van der Waals surface area contributed by atoms with Crippen LogP contribution >= 0.6 is 0 Å². The van der Waals surface area contributed by atoms with Gasteiger partial charge in [-0.2, -0.15) is 0 Å². The fourth-order valence-electron chi connectivity index (χ4n) is 1.80. The minimum Gasteiger partial charge on any atom is -0.423 e. The van der Waals surface area contributed by atoms with Gasteiger partial charge in [0.2, 0.25) is 0 Å². The lowest BCUT2D eigenvalue weighted by Crippen LogP contribution is -2.34. The fraction of sp³-hybridized carbons (Fsp3) is 0.222. The van der Waals surface area contributed by atoms with E-state index in [9.17, 15) is 9.18 Å². The van der Waals surface area contributed by atoms with Gasteiger partial charge in [-0.05, 0) is 29.6 Å². The maximum absolute atomic E-state index is 13.0. The number of aryl methyl sites for hydroxylation is 1. The Morgan fingerprint density at radius 3 is 2.64 bits per heavy atom. The third-order valence-electron chi connectivity index (χ3n) is 2.39. The van der Waals surface area contributed by atoms with Crippen molar-refractivity contribution >= 4 is 18.4 Å². The maximum atomic E-state index is 13.0. The van der Waals surface area contributed by atoms with Crippen molar-refractivity contribution in [1.82, 2.24) is 0 Å². The Morgan fingerprint density at radius 2 is 2.00 bits per heavy atom. The number of benzene rings is 1. The molecule has 0 fully saturated rings. The number of Topliss-reactive ketones (excluding diaryl/α,β-unsaturated/α-hetero) is 1. The van der Waals surface area contributed by atoms with Gasteiger partial charge in [-0.3, -0.25) is 4.79 Å². The molecule has 0 saturated heterocycles. The number of carbonyl (C=O) groups is 1. The summed E-state index contributed by atoms with van der Waals surface area (Å²) in [7, 11) is -1.79. The van der Waals surface area contributed by atoms with Crippen molar-refractivity contribution in [1.29, 1.82) is 0 Å². The molecule has 0 unspecified atom stereocenters. The molecule has 0 saturated carbocycles. The van der Waals surface area contributed by atoms with Gasteiger partial charge in [0, 0.05) is 12.0 Å². The van der Waals surface area contributed by atoms with E-state index >= 15 is 0 Å². The summed E-state index contributed by atoms with van der Waals surface area (Å²) in [6.07, 6.45) is 0.796. The topological polar surface area (TPSA) is 57.5 Å². The highest BCUT2D eigenvalue weighted by Gasteiger charge is 2.28. The Hall–Kier alpha value is -1.20. The zero-order valence-corrected chi connectivity index (χ0v) is 7.33. The normalized spacial score (nSPS) is 14.4. The van der Waals surface area contributed by atoms with Gasteiger partial charge in [-0.1, -0.05) is 0 Å². The largest absolute Gasteiger partial charge is 0.489 e. The van der Waals surface area contributed by atoms with E-state index in [2.05, 4.69) is 0 Å². The summed E-state index contributed by atoms with van der Waals surface area (Å²) < 4.78 is 13.0. The minimum atomic E-state index is -1.79. The molecule has 3 nitrogen and oxygen atoms in total. The van der Waals surface area contributed by atoms with Crippen LogP contribution < -0.4 is 5.46 Å². The molecule has 0 bridgehead atoms. The molecule has 0 atom stereocenters. The van der Waals surface area contributed by atoms with Gasteiger partial charge in [0.05, 0.1) is 0 Å². The van der Waals surface area contributed by atoms with Crippen molar-refractivity contribution in [2.24, 2.45) is 0 Å². The molecule has 5 heteroatoms. The van der Waals surface area contributed by atoms with E-state index in [-0.39, 0.29) is 16.8 Å². The Bertz CT molecular complexity index is 403. The molecular weight excluding hydrogens is 186 g/mol. The van der Waals surface area contributed by atoms with Crippen molar-refractivity contribution in [2.45, 2.75) is 12.8 Å². The van der Waals surface area contributed by atoms with Gasteiger partial charge in [0.25, 0.3) is 0 Å². The van der Waals surface area contributed by atoms with Crippen LogP contribution in [0.4, 0.5) is 4.39 Å². The van der Waals surface area contributed by atoms with Crippen molar-refractivity contribution in [3.8, 4) is 0 Å². The molecule has 0 amide bonds. The van der Waals surface area contributed by atoms with Crippen molar-refractivity contribution in [3.63, 3.8) is 0 Å². The summed E-state index contributed by atoms with van der Waals surface area (Å²) in [4.78, 5) is 11.4. The summed E-state index contributed by atoms with van der Waals surface area (Å²) in [6, 6.07) is 2.26. The first kappa shape index (κ1) is 9.36. The van der Waals surface area contributed by atoms with E-state index in [0.29, 0.717) is 18.4 Å². The lowest BCUT2D eigenvalue weighted by atomic mass is 9.76. The monoisotopic (exact) mass is 194 g/mol. The van der Waals surface area contributed by atoms with Crippen molar-refractivity contribution < 1.29 is 19.2 Å². The van der Waals surface area contributed by atoms with E-state index in [0.717, 1.165) is 6.07 Å². The predicted octanol–water partition coefficient (Wildman–Crippen LogP) is -0.366. The third-order valence-corrected chi connectivity index (χ3v) is 2.39. The van der Waals surface area contributed by atoms with Gasteiger partial charge >= 0.3 is 7.12 Å². The van der Waals surface area contributed by atoms with Crippen LogP contribution in [0.3, 0.4) is 0 Å². The Labute approximate surface area is 80.3 Å². The fourth-order valence-corrected chi connectivity index (χ4v) is 1.80. The van der Waals surface area contributed by atoms with E-state index < -0.39 is 12.9 Å². The van der Waals surface area contributed by atoms with E-state index in [1.807, 2.05) is 0 Å². The molecule has 1 aliphatic carbocycles. The summed E-state index contributed by atoms with van der Waals surface area (Å²) >= 11 is 0. The molecule has 0 heterocycles.